The van der Waals surface area contributed by atoms with Crippen LogP contribution in [0, 0.1) is 0 Å². The molecule has 0 saturated carbocycles. The molecule has 1 aliphatic rings. The molecule has 0 saturated heterocycles. The molecule has 0 fully saturated rings. The summed E-state index contributed by atoms with van der Waals surface area (Å²) >= 11 is 0. The average molecular weight is 362 g/mol. The van der Waals surface area contributed by atoms with Crippen LogP contribution in [0.15, 0.2) is 36.7 Å². The van der Waals surface area contributed by atoms with E-state index >= 15 is 0 Å². The maximum atomic E-state index is 11.2. The molecule has 23 heavy (non-hydrogen) atoms. The van der Waals surface area contributed by atoms with Gasteiger partial charge in [-0.2, -0.15) is 0 Å². The number of hydrogen-bond donors (Lipinski definition) is 2. The number of benzene rings is 1. The van der Waals surface area contributed by atoms with Crippen LogP contribution in [0.3, 0.4) is 0 Å². The van der Waals surface area contributed by atoms with Crippen LogP contribution < -0.4 is 4.72 Å². The summed E-state index contributed by atoms with van der Waals surface area (Å²) in [5.74, 6) is 0. The molecular formula is C15H24ClN3O3S. The van der Waals surface area contributed by atoms with Crippen LogP contribution in [-0.4, -0.2) is 48.8 Å². The third-order valence-corrected chi connectivity index (χ3v) is 4.09. The van der Waals surface area contributed by atoms with Crippen LogP contribution in [0.4, 0.5) is 5.69 Å². The van der Waals surface area contributed by atoms with E-state index in [1.165, 1.54) is 0 Å². The molecule has 1 aliphatic heterocycles. The second-order valence-electron chi connectivity index (χ2n) is 5.83. The van der Waals surface area contributed by atoms with Crippen LogP contribution >= 0.6 is 12.4 Å². The highest BCUT2D eigenvalue weighted by atomic mass is 35.5. The summed E-state index contributed by atoms with van der Waals surface area (Å²) in [5, 5.41) is 10.3. The van der Waals surface area contributed by atoms with Crippen molar-refractivity contribution in [2.24, 2.45) is 0 Å². The van der Waals surface area contributed by atoms with Crippen molar-refractivity contribution < 1.29 is 13.5 Å². The van der Waals surface area contributed by atoms with E-state index in [1.54, 1.807) is 24.3 Å². The predicted octanol–water partition coefficient (Wildman–Crippen LogP) is 1.97. The minimum Gasteiger partial charge on any atom is -0.387 e. The van der Waals surface area contributed by atoms with E-state index < -0.39 is 16.1 Å². The Kier molecular flexibility index (Phi) is 6.73. The molecule has 130 valence electrons. The summed E-state index contributed by atoms with van der Waals surface area (Å²) in [5.41, 5.74) is 1.25. The van der Waals surface area contributed by atoms with Crippen LogP contribution in [-0.2, 0) is 10.0 Å². The Labute approximate surface area is 144 Å². The number of nitrogens with one attached hydrogen (secondary N) is 1. The number of aliphatic hydroxyl groups excluding tert-OH is 1. The lowest BCUT2D eigenvalue weighted by molar-refractivity contribution is 0.119. The summed E-state index contributed by atoms with van der Waals surface area (Å²) in [6.07, 6.45) is 4.49. The highest BCUT2D eigenvalue weighted by Crippen LogP contribution is 2.20. The Bertz CT molecular complexity index is 632. The first-order valence-electron chi connectivity index (χ1n) is 7.18. The van der Waals surface area contributed by atoms with Crippen molar-refractivity contribution in [1.29, 1.82) is 0 Å². The zero-order chi connectivity index (χ0) is 16.3. The predicted molar refractivity (Wildman–Crippen MR) is 94.8 cm³/mol. The summed E-state index contributed by atoms with van der Waals surface area (Å²) in [7, 11) is -3.28. The van der Waals surface area contributed by atoms with Crippen LogP contribution in [0.25, 0.3) is 0 Å². The van der Waals surface area contributed by atoms with Crippen LogP contribution in [0.5, 0.6) is 0 Å². The molecule has 0 aromatic heterocycles. The molecule has 0 spiro atoms. The number of anilines is 1. The third kappa shape index (κ3) is 5.93. The summed E-state index contributed by atoms with van der Waals surface area (Å²) in [6.45, 7) is 5.51. The van der Waals surface area contributed by atoms with E-state index in [2.05, 4.69) is 23.5 Å². The lowest BCUT2D eigenvalue weighted by Gasteiger charge is -2.26. The molecule has 6 nitrogen and oxygen atoms in total. The number of halogens is 1. The van der Waals surface area contributed by atoms with Crippen molar-refractivity contribution in [3.8, 4) is 0 Å². The fourth-order valence-corrected chi connectivity index (χ4v) is 2.82. The standard InChI is InChI=1S/C15H23N3O3S.ClH/c1-12(2)18-9-8-17(11-18)10-15(19)13-4-6-14(7-5-13)16-22(3,20)21;/h4-9,12,15-16,19H,10-11H2,1-3H3;1H. The molecule has 1 aromatic rings. The normalized spacial score (nSPS) is 15.7. The molecule has 0 bridgehead atoms. The van der Waals surface area contributed by atoms with Gasteiger partial charge in [0.15, 0.2) is 0 Å². The molecule has 8 heteroatoms. The van der Waals surface area contributed by atoms with Gasteiger partial charge in [-0.3, -0.25) is 4.72 Å². The summed E-state index contributed by atoms with van der Waals surface area (Å²) in [4.78, 5) is 4.24. The Morgan fingerprint density at radius 3 is 2.30 bits per heavy atom. The van der Waals surface area contributed by atoms with Gasteiger partial charge in [0.2, 0.25) is 10.0 Å². The van der Waals surface area contributed by atoms with Crippen molar-refractivity contribution in [2.45, 2.75) is 26.0 Å². The molecule has 0 amide bonds. The third-order valence-electron chi connectivity index (χ3n) is 3.48. The smallest absolute Gasteiger partial charge is 0.229 e. The Hall–Kier alpha value is -1.44. The summed E-state index contributed by atoms with van der Waals surface area (Å²) in [6, 6.07) is 7.20. The molecule has 0 aliphatic carbocycles. The molecule has 0 radical (unpaired) electrons. The zero-order valence-electron chi connectivity index (χ0n) is 13.5. The van der Waals surface area contributed by atoms with Crippen molar-refractivity contribution in [3.05, 3.63) is 42.2 Å². The molecule has 1 aromatic carbocycles. The van der Waals surface area contributed by atoms with E-state index in [9.17, 15) is 13.5 Å². The van der Waals surface area contributed by atoms with E-state index in [0.717, 1.165) is 18.5 Å². The highest BCUT2D eigenvalue weighted by molar-refractivity contribution is 7.92. The van der Waals surface area contributed by atoms with Gasteiger partial charge in [-0.1, -0.05) is 12.1 Å². The molecule has 2 rings (SSSR count). The number of nitrogens with zero attached hydrogens (tertiary/aromatic N) is 2. The van der Waals surface area contributed by atoms with Crippen molar-refractivity contribution in [2.75, 3.05) is 24.2 Å². The van der Waals surface area contributed by atoms with Crippen molar-refractivity contribution in [1.82, 2.24) is 9.80 Å². The minimum atomic E-state index is -3.28. The fraction of sp³-hybridized carbons (Fsp3) is 0.467. The van der Waals surface area contributed by atoms with Crippen molar-refractivity contribution in [3.63, 3.8) is 0 Å². The SMILES string of the molecule is CC(C)N1C=CN(CC(O)c2ccc(NS(C)(=O)=O)cc2)C1.Cl. The van der Waals surface area contributed by atoms with Gasteiger partial charge in [0.25, 0.3) is 0 Å². The van der Waals surface area contributed by atoms with Gasteiger partial charge in [-0.05, 0) is 31.5 Å². The number of rotatable bonds is 6. The van der Waals surface area contributed by atoms with Crippen molar-refractivity contribution >= 4 is 28.1 Å². The molecule has 1 unspecified atom stereocenters. The van der Waals surface area contributed by atoms with Gasteiger partial charge in [-0.15, -0.1) is 12.4 Å². The first-order chi connectivity index (χ1) is 10.2. The van der Waals surface area contributed by atoms with E-state index in [0.29, 0.717) is 18.3 Å². The quantitative estimate of drug-likeness (QED) is 0.810. The maximum Gasteiger partial charge on any atom is 0.229 e. The minimum absolute atomic E-state index is 0. The molecule has 1 atom stereocenters. The van der Waals surface area contributed by atoms with Gasteiger partial charge in [-0.25, -0.2) is 8.42 Å². The monoisotopic (exact) mass is 361 g/mol. The van der Waals surface area contributed by atoms with E-state index in [4.69, 9.17) is 0 Å². The zero-order valence-corrected chi connectivity index (χ0v) is 15.1. The number of hydrogen-bond acceptors (Lipinski definition) is 5. The molecule has 2 N–H and O–H groups in total. The first kappa shape index (κ1) is 19.6. The fourth-order valence-electron chi connectivity index (χ4n) is 2.25. The van der Waals surface area contributed by atoms with E-state index in [1.807, 2.05) is 17.3 Å². The van der Waals surface area contributed by atoms with Gasteiger partial charge in [0.05, 0.1) is 19.0 Å². The van der Waals surface area contributed by atoms with E-state index in [-0.39, 0.29) is 12.4 Å². The highest BCUT2D eigenvalue weighted by Gasteiger charge is 2.18. The number of β-amino-alcohol motifs (C(OH)–C–C–N with tert-alkyl or cyclic N) is 1. The number of sulfonamides is 1. The van der Waals surface area contributed by atoms with Crippen LogP contribution in [0.2, 0.25) is 0 Å². The summed E-state index contributed by atoms with van der Waals surface area (Å²) < 4.78 is 24.7. The van der Waals surface area contributed by atoms with Gasteiger partial charge in [0, 0.05) is 30.7 Å². The van der Waals surface area contributed by atoms with Crippen LogP contribution in [0.1, 0.15) is 25.5 Å². The average Bonchev–Trinajstić information content (AvgIpc) is 2.86. The lowest BCUT2D eigenvalue weighted by Crippen LogP contribution is -2.32. The maximum absolute atomic E-state index is 11.2. The largest absolute Gasteiger partial charge is 0.387 e. The lowest BCUT2D eigenvalue weighted by atomic mass is 10.1. The second-order valence-corrected chi connectivity index (χ2v) is 7.58. The second kappa shape index (κ2) is 7.90. The Morgan fingerprint density at radius 2 is 1.83 bits per heavy atom. The topological polar surface area (TPSA) is 72.9 Å². The molecule has 1 heterocycles. The van der Waals surface area contributed by atoms with Gasteiger partial charge >= 0.3 is 0 Å². The Balaban J connectivity index is 0.00000264. The molecular weight excluding hydrogens is 338 g/mol. The number of aliphatic hydroxyl groups is 1. The van der Waals surface area contributed by atoms with Gasteiger partial charge < -0.3 is 14.9 Å². The van der Waals surface area contributed by atoms with Gasteiger partial charge in [0.1, 0.15) is 0 Å². The Morgan fingerprint density at radius 1 is 1.22 bits per heavy atom. The first-order valence-corrected chi connectivity index (χ1v) is 9.07.